The van der Waals surface area contributed by atoms with Crippen LogP contribution in [0.2, 0.25) is 5.02 Å². The van der Waals surface area contributed by atoms with Crippen LogP contribution in [0.5, 0.6) is 0 Å². The number of rotatable bonds is 2. The molecule has 2 rings (SSSR count). The first-order chi connectivity index (χ1) is 8.15. The van der Waals surface area contributed by atoms with Crippen molar-refractivity contribution in [3.05, 3.63) is 29.0 Å². The Morgan fingerprint density at radius 1 is 1.24 bits per heavy atom. The third kappa shape index (κ3) is 3.60. The normalized spacial score (nSPS) is 25.4. The van der Waals surface area contributed by atoms with E-state index in [1.54, 1.807) is 12.1 Å². The van der Waals surface area contributed by atoms with Crippen molar-refractivity contribution >= 4 is 17.3 Å². The average molecular weight is 256 g/mol. The molecule has 3 heteroatoms. The Hall–Kier alpha value is -0.760. The maximum atomic E-state index is 13.6. The molecule has 0 heterocycles. The van der Waals surface area contributed by atoms with Crippen LogP contribution in [-0.2, 0) is 0 Å². The lowest BCUT2D eigenvalue weighted by Crippen LogP contribution is -2.19. The van der Waals surface area contributed by atoms with E-state index in [0.29, 0.717) is 16.8 Å². The molecule has 17 heavy (non-hydrogen) atoms. The molecule has 0 saturated heterocycles. The third-order valence-corrected chi connectivity index (χ3v) is 3.78. The van der Waals surface area contributed by atoms with Crippen molar-refractivity contribution in [1.29, 1.82) is 0 Å². The number of benzene rings is 1. The van der Waals surface area contributed by atoms with Gasteiger partial charge in [-0.15, -0.1) is 0 Å². The highest BCUT2D eigenvalue weighted by molar-refractivity contribution is 6.30. The summed E-state index contributed by atoms with van der Waals surface area (Å²) in [6, 6.07) is 5.22. The lowest BCUT2D eigenvalue weighted by molar-refractivity contribution is 0.501. The molecule has 1 aliphatic rings. The van der Waals surface area contributed by atoms with Gasteiger partial charge in [0.15, 0.2) is 0 Å². The Kier molecular flexibility index (Phi) is 4.27. The summed E-state index contributed by atoms with van der Waals surface area (Å²) in [7, 11) is 0. The molecule has 1 saturated carbocycles. The molecule has 2 unspecified atom stereocenters. The van der Waals surface area contributed by atoms with Crippen LogP contribution in [0.3, 0.4) is 0 Å². The fraction of sp³-hybridized carbons (Fsp3) is 0.571. The van der Waals surface area contributed by atoms with Crippen LogP contribution in [0.15, 0.2) is 18.2 Å². The molecule has 94 valence electrons. The lowest BCUT2D eigenvalue weighted by Gasteiger charge is -2.18. The van der Waals surface area contributed by atoms with Crippen molar-refractivity contribution in [2.24, 2.45) is 5.92 Å². The number of hydrogen-bond donors (Lipinski definition) is 1. The molecule has 1 aromatic carbocycles. The first-order valence-corrected chi connectivity index (χ1v) is 6.74. The zero-order valence-electron chi connectivity index (χ0n) is 10.2. The van der Waals surface area contributed by atoms with Crippen LogP contribution in [0.4, 0.5) is 10.1 Å². The highest BCUT2D eigenvalue weighted by atomic mass is 35.5. The van der Waals surface area contributed by atoms with Crippen LogP contribution >= 0.6 is 11.6 Å². The molecule has 0 aliphatic heterocycles. The second-order valence-corrected chi connectivity index (χ2v) is 5.52. The van der Waals surface area contributed by atoms with E-state index in [-0.39, 0.29) is 5.82 Å². The maximum absolute atomic E-state index is 13.6. The molecule has 0 bridgehead atoms. The van der Waals surface area contributed by atoms with E-state index in [1.165, 1.54) is 25.3 Å². The molecule has 1 nitrogen and oxygen atoms in total. The monoisotopic (exact) mass is 255 g/mol. The smallest absolute Gasteiger partial charge is 0.147 e. The van der Waals surface area contributed by atoms with Crippen LogP contribution in [-0.4, -0.2) is 6.04 Å². The summed E-state index contributed by atoms with van der Waals surface area (Å²) < 4.78 is 13.6. The predicted molar refractivity (Wildman–Crippen MR) is 71.1 cm³/mol. The first-order valence-electron chi connectivity index (χ1n) is 6.37. The van der Waals surface area contributed by atoms with E-state index in [9.17, 15) is 4.39 Å². The van der Waals surface area contributed by atoms with Crippen LogP contribution < -0.4 is 5.32 Å². The minimum Gasteiger partial charge on any atom is -0.380 e. The van der Waals surface area contributed by atoms with Gasteiger partial charge in [0.05, 0.1) is 5.69 Å². The summed E-state index contributed by atoms with van der Waals surface area (Å²) in [5.74, 6) is 0.548. The van der Waals surface area contributed by atoms with E-state index in [1.807, 2.05) is 0 Å². The van der Waals surface area contributed by atoms with Gasteiger partial charge in [0.2, 0.25) is 0 Å². The Bertz CT molecular complexity index is 380. The largest absolute Gasteiger partial charge is 0.380 e. The highest BCUT2D eigenvalue weighted by Crippen LogP contribution is 2.26. The second kappa shape index (κ2) is 5.72. The summed E-state index contributed by atoms with van der Waals surface area (Å²) in [5, 5.41) is 3.75. The summed E-state index contributed by atoms with van der Waals surface area (Å²) in [6.07, 6.45) is 6.01. The van der Waals surface area contributed by atoms with Crippen molar-refractivity contribution in [3.8, 4) is 0 Å². The van der Waals surface area contributed by atoms with Gasteiger partial charge in [0.25, 0.3) is 0 Å². The molecular formula is C14H19ClFN. The SMILES string of the molecule is CC1CCCC(Nc2ccc(Cl)cc2F)CC1. The van der Waals surface area contributed by atoms with Crippen molar-refractivity contribution in [2.75, 3.05) is 5.32 Å². The second-order valence-electron chi connectivity index (χ2n) is 5.08. The van der Waals surface area contributed by atoms with Gasteiger partial charge in [-0.25, -0.2) is 4.39 Å². The van der Waals surface area contributed by atoms with Crippen LogP contribution in [0.25, 0.3) is 0 Å². The summed E-state index contributed by atoms with van der Waals surface area (Å²) in [6.45, 7) is 2.30. The van der Waals surface area contributed by atoms with Gasteiger partial charge < -0.3 is 5.32 Å². The maximum Gasteiger partial charge on any atom is 0.147 e. The molecule has 1 N–H and O–H groups in total. The first kappa shape index (κ1) is 12.7. The number of hydrogen-bond acceptors (Lipinski definition) is 1. The van der Waals surface area contributed by atoms with Gasteiger partial charge in [-0.05, 0) is 43.4 Å². The van der Waals surface area contributed by atoms with E-state index >= 15 is 0 Å². The van der Waals surface area contributed by atoms with E-state index in [0.717, 1.165) is 18.8 Å². The molecular weight excluding hydrogens is 237 g/mol. The van der Waals surface area contributed by atoms with Crippen LogP contribution in [0, 0.1) is 11.7 Å². The van der Waals surface area contributed by atoms with Gasteiger partial charge in [0, 0.05) is 11.1 Å². The fourth-order valence-electron chi connectivity index (χ4n) is 2.46. The van der Waals surface area contributed by atoms with Gasteiger partial charge in [-0.3, -0.25) is 0 Å². The zero-order valence-corrected chi connectivity index (χ0v) is 10.9. The lowest BCUT2D eigenvalue weighted by atomic mass is 10.0. The average Bonchev–Trinajstić information content (AvgIpc) is 2.48. The molecule has 0 radical (unpaired) electrons. The molecule has 1 aromatic rings. The van der Waals surface area contributed by atoms with Crippen molar-refractivity contribution in [3.63, 3.8) is 0 Å². The number of anilines is 1. The van der Waals surface area contributed by atoms with E-state index in [2.05, 4.69) is 12.2 Å². The topological polar surface area (TPSA) is 12.0 Å². The Balaban J connectivity index is 2.00. The van der Waals surface area contributed by atoms with Crippen molar-refractivity contribution < 1.29 is 4.39 Å². The quantitative estimate of drug-likeness (QED) is 0.744. The van der Waals surface area contributed by atoms with Gasteiger partial charge in [-0.2, -0.15) is 0 Å². The van der Waals surface area contributed by atoms with Crippen molar-refractivity contribution in [2.45, 2.75) is 45.1 Å². The molecule has 0 spiro atoms. The number of halogens is 2. The number of nitrogens with one attached hydrogen (secondary N) is 1. The molecule has 0 aromatic heterocycles. The predicted octanol–water partition coefficient (Wildman–Crippen LogP) is 4.86. The Labute approximate surface area is 107 Å². The Morgan fingerprint density at radius 2 is 2.06 bits per heavy atom. The minimum absolute atomic E-state index is 0.255. The zero-order chi connectivity index (χ0) is 12.3. The third-order valence-electron chi connectivity index (χ3n) is 3.55. The molecule has 1 aliphatic carbocycles. The Morgan fingerprint density at radius 3 is 2.82 bits per heavy atom. The summed E-state index contributed by atoms with van der Waals surface area (Å²) in [5.41, 5.74) is 0.578. The molecule has 2 atom stereocenters. The van der Waals surface area contributed by atoms with Gasteiger partial charge >= 0.3 is 0 Å². The van der Waals surface area contributed by atoms with Gasteiger partial charge in [0.1, 0.15) is 5.82 Å². The fourth-order valence-corrected chi connectivity index (χ4v) is 2.62. The van der Waals surface area contributed by atoms with Crippen molar-refractivity contribution in [1.82, 2.24) is 0 Å². The van der Waals surface area contributed by atoms with E-state index in [4.69, 9.17) is 11.6 Å². The molecule has 1 fully saturated rings. The van der Waals surface area contributed by atoms with Crippen LogP contribution in [0.1, 0.15) is 39.0 Å². The van der Waals surface area contributed by atoms with Gasteiger partial charge in [-0.1, -0.05) is 31.4 Å². The van der Waals surface area contributed by atoms with E-state index < -0.39 is 0 Å². The summed E-state index contributed by atoms with van der Waals surface area (Å²) in [4.78, 5) is 0. The standard InChI is InChI=1S/C14H19ClFN/c1-10-3-2-4-12(7-5-10)17-14-8-6-11(15)9-13(14)16/h6,8-10,12,17H,2-5,7H2,1H3. The minimum atomic E-state index is -0.255. The summed E-state index contributed by atoms with van der Waals surface area (Å²) >= 11 is 5.74. The highest BCUT2D eigenvalue weighted by Gasteiger charge is 2.16. The molecule has 0 amide bonds.